The van der Waals surface area contributed by atoms with Crippen molar-refractivity contribution in [1.29, 1.82) is 0 Å². The molecule has 0 amide bonds. The molecule has 0 unspecified atom stereocenters. The number of imidazole rings is 1. The van der Waals surface area contributed by atoms with Crippen LogP contribution in [0.15, 0.2) is 48.8 Å². The van der Waals surface area contributed by atoms with E-state index in [9.17, 15) is 18.7 Å². The molecule has 2 aromatic carbocycles. The molecule has 0 radical (unpaired) electrons. The molecule has 5 aromatic rings. The first-order valence-corrected chi connectivity index (χ1v) is 18.7. The minimum Gasteiger partial charge on any atom is -0.488 e. The number of benzene rings is 2. The number of ether oxygens (including phenoxy) is 4. The third-order valence-electron chi connectivity index (χ3n) is 10.1. The number of fused-ring (bicyclic) bond motifs is 8. The van der Waals surface area contributed by atoms with Gasteiger partial charge in [-0.1, -0.05) is 29.8 Å². The minimum atomic E-state index is -1.38. The normalized spacial score (nSPS) is 20.0. The molecule has 15 heteroatoms. The van der Waals surface area contributed by atoms with Crippen LogP contribution in [0.2, 0.25) is 5.15 Å². The van der Waals surface area contributed by atoms with E-state index < -0.39 is 41.0 Å². The van der Waals surface area contributed by atoms with Crippen molar-refractivity contribution in [1.82, 2.24) is 24.4 Å². The van der Waals surface area contributed by atoms with E-state index in [1.54, 1.807) is 41.9 Å². The van der Waals surface area contributed by atoms with Gasteiger partial charge in [0.2, 0.25) is 0 Å². The number of carboxylic acids is 1. The van der Waals surface area contributed by atoms with Gasteiger partial charge in [0.05, 0.1) is 50.0 Å². The number of aliphatic carboxylic acids is 1. The van der Waals surface area contributed by atoms with Crippen LogP contribution in [0.3, 0.4) is 0 Å². The number of nitrogens with zero attached hydrogens (tertiary/aromatic N) is 6. The fraction of sp³-hybridized carbons (Fsp3) is 0.450. The highest BCUT2D eigenvalue weighted by molar-refractivity contribution is 6.32. The summed E-state index contributed by atoms with van der Waals surface area (Å²) < 4.78 is 56.1. The standard InChI is InChI=1S/C40H45ClF2N6O6/c1-23-22-52-16-17-53-40(6)10-14-47(15-11-40)37-32(34(38(50)51)55-39(3,4)5)24(2)28(21-48-44-12-13-45-48)36-46-33(35(41)49(36)37)26-9-7-8-25(18-26)27-19-29(42)30(43)20-31(27)54-23/h7-9,12-13,18-20,23,34H,10-11,14-17,21-22H2,1-6H3,(H,50,51)/t23-,34-/m0/s1. The third kappa shape index (κ3) is 7.91. The molecule has 8 rings (SSSR count). The summed E-state index contributed by atoms with van der Waals surface area (Å²) in [5.74, 6) is -2.53. The second-order valence-corrected chi connectivity index (χ2v) is 15.7. The number of pyridine rings is 1. The molecule has 2 atom stereocenters. The summed E-state index contributed by atoms with van der Waals surface area (Å²) in [7, 11) is 0. The molecule has 0 spiro atoms. The van der Waals surface area contributed by atoms with Crippen LogP contribution >= 0.6 is 11.6 Å². The second kappa shape index (κ2) is 15.1. The fourth-order valence-electron chi connectivity index (χ4n) is 7.34. The highest BCUT2D eigenvalue weighted by Crippen LogP contribution is 2.44. The first kappa shape index (κ1) is 38.6. The minimum absolute atomic E-state index is 0.145. The molecule has 12 nitrogen and oxygen atoms in total. The largest absolute Gasteiger partial charge is 0.488 e. The highest BCUT2D eigenvalue weighted by Gasteiger charge is 2.39. The number of carbonyl (C=O) groups is 1. The quantitative estimate of drug-likeness (QED) is 0.178. The molecular formula is C40H45ClF2N6O6. The van der Waals surface area contributed by atoms with Crippen molar-refractivity contribution in [3.63, 3.8) is 0 Å². The number of rotatable bonds is 5. The summed E-state index contributed by atoms with van der Waals surface area (Å²) in [6, 6.07) is 9.32. The number of aromatic nitrogens is 5. The summed E-state index contributed by atoms with van der Waals surface area (Å²) in [6.45, 7) is 13.2. The summed E-state index contributed by atoms with van der Waals surface area (Å²) in [4.78, 5) is 22.1. The molecule has 6 bridgehead atoms. The average Bonchev–Trinajstić information content (AvgIpc) is 3.77. The Bertz CT molecular complexity index is 2210. The Labute approximate surface area is 322 Å². The van der Waals surface area contributed by atoms with Crippen LogP contribution in [0.1, 0.15) is 70.3 Å². The fourth-order valence-corrected chi connectivity index (χ4v) is 7.65. The van der Waals surface area contributed by atoms with Crippen LogP contribution in [-0.2, 0) is 25.5 Å². The monoisotopic (exact) mass is 778 g/mol. The van der Waals surface area contributed by atoms with Crippen LogP contribution in [0.25, 0.3) is 28.0 Å². The number of halogens is 3. The Morgan fingerprint density at radius 2 is 1.78 bits per heavy atom. The molecule has 3 aliphatic heterocycles. The molecule has 292 valence electrons. The topological polar surface area (TPSA) is 125 Å². The SMILES string of the molecule is Cc1c([C@H](OC(C)(C)C)C(=O)O)c2n3c(Cl)c(nc3c1Cn1nccn1)-c1cccc(c1)-c1cc(F)c(F)cc1O[C@@H](C)COCCOC1(C)CCN2CC1. The third-order valence-corrected chi connectivity index (χ3v) is 10.4. The van der Waals surface area contributed by atoms with Crippen molar-refractivity contribution in [2.75, 3.05) is 37.8 Å². The molecule has 55 heavy (non-hydrogen) atoms. The van der Waals surface area contributed by atoms with Gasteiger partial charge in [0.25, 0.3) is 0 Å². The molecule has 3 aliphatic rings. The molecule has 6 heterocycles. The zero-order chi connectivity index (χ0) is 39.2. The first-order valence-electron chi connectivity index (χ1n) is 18.3. The Hall–Kier alpha value is -4.63. The Morgan fingerprint density at radius 3 is 2.47 bits per heavy atom. The van der Waals surface area contributed by atoms with E-state index in [0.717, 1.165) is 12.1 Å². The van der Waals surface area contributed by atoms with E-state index >= 15 is 0 Å². The summed E-state index contributed by atoms with van der Waals surface area (Å²) in [5, 5.41) is 19.7. The lowest BCUT2D eigenvalue weighted by atomic mass is 9.91. The summed E-state index contributed by atoms with van der Waals surface area (Å²) >= 11 is 7.46. The van der Waals surface area contributed by atoms with E-state index in [2.05, 4.69) is 22.0 Å². The molecule has 1 fully saturated rings. The highest BCUT2D eigenvalue weighted by atomic mass is 35.5. The first-order chi connectivity index (χ1) is 26.1. The summed E-state index contributed by atoms with van der Waals surface area (Å²) in [5.41, 5.74) is 2.76. The van der Waals surface area contributed by atoms with Crippen LogP contribution in [0.4, 0.5) is 14.6 Å². The van der Waals surface area contributed by atoms with Gasteiger partial charge in [0.1, 0.15) is 34.2 Å². The molecule has 0 aliphatic carbocycles. The predicted octanol–water partition coefficient (Wildman–Crippen LogP) is 7.66. The molecule has 0 saturated carbocycles. The van der Waals surface area contributed by atoms with E-state index in [1.807, 2.05) is 33.8 Å². The predicted molar refractivity (Wildman–Crippen MR) is 203 cm³/mol. The Morgan fingerprint density at radius 1 is 1.09 bits per heavy atom. The smallest absolute Gasteiger partial charge is 0.337 e. The van der Waals surface area contributed by atoms with Gasteiger partial charge < -0.3 is 29.0 Å². The number of hydrogen-bond acceptors (Lipinski definition) is 9. The molecule has 3 aromatic heterocycles. The van der Waals surface area contributed by atoms with Gasteiger partial charge >= 0.3 is 5.97 Å². The molecular weight excluding hydrogens is 734 g/mol. The zero-order valence-electron chi connectivity index (χ0n) is 31.7. The average molecular weight is 779 g/mol. The lowest BCUT2D eigenvalue weighted by Gasteiger charge is -2.42. The van der Waals surface area contributed by atoms with E-state index in [4.69, 9.17) is 35.5 Å². The number of hydrogen-bond donors (Lipinski definition) is 1. The van der Waals surface area contributed by atoms with Gasteiger partial charge in [-0.15, -0.1) is 0 Å². The van der Waals surface area contributed by atoms with Crippen LogP contribution in [-0.4, -0.2) is 85.7 Å². The second-order valence-electron chi connectivity index (χ2n) is 15.4. The molecule has 1 saturated heterocycles. The Kier molecular flexibility index (Phi) is 10.6. The van der Waals surface area contributed by atoms with Crippen molar-refractivity contribution < 1.29 is 37.6 Å². The van der Waals surface area contributed by atoms with Crippen molar-refractivity contribution >= 4 is 29.0 Å². The van der Waals surface area contributed by atoms with Gasteiger partial charge in [-0.2, -0.15) is 15.0 Å². The van der Waals surface area contributed by atoms with Crippen molar-refractivity contribution in [2.45, 2.75) is 84.3 Å². The Balaban J connectivity index is 1.51. The van der Waals surface area contributed by atoms with Gasteiger partial charge in [0, 0.05) is 41.4 Å². The number of carboxylic acid groups (broad SMARTS) is 1. The van der Waals surface area contributed by atoms with E-state index in [1.165, 1.54) is 4.80 Å². The number of anilines is 1. The van der Waals surface area contributed by atoms with Crippen molar-refractivity contribution in [3.8, 4) is 28.1 Å². The zero-order valence-corrected chi connectivity index (χ0v) is 32.5. The van der Waals surface area contributed by atoms with Crippen molar-refractivity contribution in [2.24, 2.45) is 0 Å². The van der Waals surface area contributed by atoms with Gasteiger partial charge in [-0.25, -0.2) is 18.6 Å². The van der Waals surface area contributed by atoms with Crippen LogP contribution in [0.5, 0.6) is 5.75 Å². The van der Waals surface area contributed by atoms with Crippen molar-refractivity contribution in [3.05, 3.63) is 82.3 Å². The molecule has 1 N–H and O–H groups in total. The van der Waals surface area contributed by atoms with E-state index in [-0.39, 0.29) is 24.1 Å². The summed E-state index contributed by atoms with van der Waals surface area (Å²) in [6.07, 6.45) is 2.52. The van der Waals surface area contributed by atoms with Crippen LogP contribution in [0, 0.1) is 18.6 Å². The lowest BCUT2D eigenvalue weighted by Crippen LogP contribution is -2.46. The van der Waals surface area contributed by atoms with Gasteiger partial charge in [-0.05, 0) is 77.6 Å². The van der Waals surface area contributed by atoms with E-state index in [0.29, 0.717) is 89.7 Å². The maximum atomic E-state index is 14.8. The van der Waals surface area contributed by atoms with Gasteiger partial charge in [0.15, 0.2) is 17.7 Å². The lowest BCUT2D eigenvalue weighted by molar-refractivity contribution is -0.160. The van der Waals surface area contributed by atoms with Crippen LogP contribution < -0.4 is 9.64 Å². The number of piperidine rings is 1. The van der Waals surface area contributed by atoms with Gasteiger partial charge in [-0.3, -0.25) is 4.40 Å². The maximum absolute atomic E-state index is 14.8. The maximum Gasteiger partial charge on any atom is 0.337 e.